The molecular formula is C28H25F2N5O6. The van der Waals surface area contributed by atoms with Crippen LogP contribution in [0.2, 0.25) is 0 Å². The van der Waals surface area contributed by atoms with Gasteiger partial charge < -0.3 is 32.5 Å². The maximum atomic E-state index is 14.9. The lowest BCUT2D eigenvalue weighted by Gasteiger charge is -2.58. The molecule has 0 radical (unpaired) electrons. The molecule has 0 saturated heterocycles. The van der Waals surface area contributed by atoms with Gasteiger partial charge in [0.05, 0.1) is 34.3 Å². The van der Waals surface area contributed by atoms with E-state index in [1.54, 1.807) is 6.07 Å². The fourth-order valence-corrected chi connectivity index (χ4v) is 6.79. The van der Waals surface area contributed by atoms with Gasteiger partial charge in [-0.25, -0.2) is 8.78 Å². The summed E-state index contributed by atoms with van der Waals surface area (Å²) in [6.45, 7) is 0. The number of benzene rings is 2. The molecule has 3 aliphatic carbocycles. The van der Waals surface area contributed by atoms with Crippen LogP contribution >= 0.6 is 0 Å². The smallest absolute Gasteiger partial charge is 0.255 e. The van der Waals surface area contributed by atoms with E-state index in [4.69, 9.17) is 17.2 Å². The number of carbonyl (C=O) groups excluding carboxylic acids is 3. The number of Topliss-reactive ketones (excluding diaryl/α,β-unsaturated/α-hetero) is 2. The lowest BCUT2D eigenvalue weighted by molar-refractivity contribution is -0.139. The number of halogens is 2. The molecule has 0 heterocycles. The van der Waals surface area contributed by atoms with Crippen molar-refractivity contribution in [1.82, 2.24) is 4.90 Å². The van der Waals surface area contributed by atoms with Gasteiger partial charge in [-0.15, -0.1) is 0 Å². The molecule has 0 aromatic heterocycles. The average Bonchev–Trinajstić information content (AvgIpc) is 2.83. The summed E-state index contributed by atoms with van der Waals surface area (Å²) in [4.78, 5) is 41.3. The Kier molecular flexibility index (Phi) is 5.91. The first-order valence-corrected chi connectivity index (χ1v) is 12.3. The molecule has 11 nitrogen and oxygen atoms in total. The van der Waals surface area contributed by atoms with Gasteiger partial charge in [-0.1, -0.05) is 6.07 Å². The largest absolute Gasteiger partial charge is 0.509 e. The van der Waals surface area contributed by atoms with Crippen molar-refractivity contribution in [3.8, 4) is 22.9 Å². The van der Waals surface area contributed by atoms with Crippen LogP contribution in [-0.2, 0) is 20.8 Å². The van der Waals surface area contributed by atoms with Crippen molar-refractivity contribution in [2.24, 2.45) is 22.6 Å². The fraction of sp³-hybridized carbons (Fsp3) is 0.286. The Hall–Kier alpha value is -4.64. The Labute approximate surface area is 231 Å². The molecule has 5 rings (SSSR count). The summed E-state index contributed by atoms with van der Waals surface area (Å²) < 4.78 is 28.5. The van der Waals surface area contributed by atoms with E-state index in [9.17, 15) is 43.7 Å². The van der Waals surface area contributed by atoms with E-state index in [-0.39, 0.29) is 28.7 Å². The molecule has 41 heavy (non-hydrogen) atoms. The van der Waals surface area contributed by atoms with E-state index >= 15 is 0 Å². The van der Waals surface area contributed by atoms with Gasteiger partial charge in [0.1, 0.15) is 34.5 Å². The second-order valence-corrected chi connectivity index (χ2v) is 10.9. The zero-order valence-electron chi connectivity index (χ0n) is 21.8. The average molecular weight is 566 g/mol. The topological polar surface area (TPSA) is 217 Å². The van der Waals surface area contributed by atoms with Crippen LogP contribution in [0.15, 0.2) is 47.2 Å². The lowest BCUT2D eigenvalue weighted by atomic mass is 9.47. The lowest BCUT2D eigenvalue weighted by Crippen LogP contribution is -2.80. The molecule has 4 atom stereocenters. The Morgan fingerprint density at radius 1 is 1.10 bits per heavy atom. The SMILES string of the molecule is CN(C)[C@@H]1C(=O)C(C(N)=O)=C(O)[C@@]2(C#N)C(=O)C3=C(O)c4c(O)ccc(-c5ccc(F)cc5F)c4C[C@@]3(N)C[C@@]12N. The summed E-state index contributed by atoms with van der Waals surface area (Å²) in [5, 5.41) is 43.8. The molecule has 1 fully saturated rings. The normalized spacial score (nSPS) is 29.2. The van der Waals surface area contributed by atoms with Crippen molar-refractivity contribution in [3.63, 3.8) is 0 Å². The maximum Gasteiger partial charge on any atom is 0.255 e. The van der Waals surface area contributed by atoms with E-state index < -0.39 is 86.5 Å². The summed E-state index contributed by atoms with van der Waals surface area (Å²) in [5.74, 6) is -8.18. The molecule has 13 heteroatoms. The van der Waals surface area contributed by atoms with Crippen molar-refractivity contribution in [3.05, 3.63) is 70.0 Å². The first-order valence-electron chi connectivity index (χ1n) is 12.3. The molecule has 9 N–H and O–H groups in total. The van der Waals surface area contributed by atoms with E-state index in [2.05, 4.69) is 0 Å². The number of nitriles is 1. The van der Waals surface area contributed by atoms with Gasteiger partial charge in [-0.2, -0.15) is 5.26 Å². The second-order valence-electron chi connectivity index (χ2n) is 10.9. The van der Waals surface area contributed by atoms with Gasteiger partial charge in [-0.3, -0.25) is 19.3 Å². The van der Waals surface area contributed by atoms with Crippen LogP contribution < -0.4 is 17.2 Å². The number of aromatic hydroxyl groups is 1. The predicted octanol–water partition coefficient (Wildman–Crippen LogP) is 0.851. The summed E-state index contributed by atoms with van der Waals surface area (Å²) in [6.07, 6.45) is -0.945. The number of amides is 1. The number of primary amides is 1. The molecule has 212 valence electrons. The van der Waals surface area contributed by atoms with E-state index in [1.165, 1.54) is 25.1 Å². The van der Waals surface area contributed by atoms with Crippen molar-refractivity contribution < 1.29 is 38.5 Å². The van der Waals surface area contributed by atoms with Crippen molar-refractivity contribution in [2.75, 3.05) is 14.1 Å². The van der Waals surface area contributed by atoms with Crippen molar-refractivity contribution in [2.45, 2.75) is 30.0 Å². The number of aliphatic hydroxyl groups is 2. The molecule has 0 aliphatic heterocycles. The number of hydrogen-bond acceptors (Lipinski definition) is 10. The molecule has 0 spiro atoms. The second kappa shape index (κ2) is 8.68. The summed E-state index contributed by atoms with van der Waals surface area (Å²) in [7, 11) is 2.81. The monoisotopic (exact) mass is 565 g/mol. The van der Waals surface area contributed by atoms with Gasteiger partial charge in [0.15, 0.2) is 17.0 Å². The minimum Gasteiger partial charge on any atom is -0.509 e. The number of phenols is 1. The Morgan fingerprint density at radius 3 is 2.29 bits per heavy atom. The van der Waals surface area contributed by atoms with Gasteiger partial charge in [-0.05, 0) is 56.3 Å². The first-order chi connectivity index (χ1) is 19.1. The molecule has 2 aromatic rings. The highest BCUT2D eigenvalue weighted by atomic mass is 19.1. The number of fused-ring (bicyclic) bond motifs is 3. The van der Waals surface area contributed by atoms with Gasteiger partial charge in [0.25, 0.3) is 5.91 Å². The number of rotatable bonds is 3. The van der Waals surface area contributed by atoms with Crippen LogP contribution in [0, 0.1) is 28.4 Å². The number of carbonyl (C=O) groups is 3. The number of ketones is 2. The van der Waals surface area contributed by atoms with Crippen LogP contribution in [0.3, 0.4) is 0 Å². The zero-order valence-corrected chi connectivity index (χ0v) is 21.8. The number of likely N-dealkylation sites (N-methyl/N-ethyl adjacent to an activating group) is 1. The number of phenolic OH excluding ortho intramolecular Hbond substituents is 1. The fourth-order valence-electron chi connectivity index (χ4n) is 6.79. The van der Waals surface area contributed by atoms with Crippen LogP contribution in [0.25, 0.3) is 16.9 Å². The highest BCUT2D eigenvalue weighted by molar-refractivity contribution is 6.25. The Bertz CT molecular complexity index is 1710. The first kappa shape index (κ1) is 27.9. The molecule has 1 saturated carbocycles. The number of hydrogen-bond donors (Lipinski definition) is 6. The van der Waals surface area contributed by atoms with Crippen molar-refractivity contribution >= 4 is 23.2 Å². The third-order valence-corrected chi connectivity index (χ3v) is 8.35. The van der Waals surface area contributed by atoms with E-state index in [1.807, 2.05) is 0 Å². The van der Waals surface area contributed by atoms with Gasteiger partial charge in [0.2, 0.25) is 0 Å². The number of aliphatic hydroxyl groups excluding tert-OH is 2. The summed E-state index contributed by atoms with van der Waals surface area (Å²) in [5.41, 5.74) is 10.2. The number of nitrogens with two attached hydrogens (primary N) is 3. The molecule has 0 bridgehead atoms. The van der Waals surface area contributed by atoms with Gasteiger partial charge >= 0.3 is 0 Å². The maximum absolute atomic E-state index is 14.9. The quantitative estimate of drug-likeness (QED) is 0.288. The standard InChI is InChI=1S/C28H25F2N5O6/c1-35(2)22-21(38)18(25(32)41)23(39)27(10-31)24(40)19-20(37)17-14(8-26(19,33)9-28(22,27)34)12(5-6-16(17)36)13-4-3-11(29)7-15(13)30/h3-7,22,36-37,39H,8-9,33-34H2,1-2H3,(H2,32,41)/t22-,26-,27+,28-/m1/s1. The highest BCUT2D eigenvalue weighted by Gasteiger charge is 2.74. The Morgan fingerprint density at radius 2 is 1.73 bits per heavy atom. The molecule has 1 amide bonds. The molecule has 2 aromatic carbocycles. The van der Waals surface area contributed by atoms with Crippen LogP contribution in [0.1, 0.15) is 17.5 Å². The summed E-state index contributed by atoms with van der Waals surface area (Å²) in [6, 6.07) is 5.41. The third-order valence-electron chi connectivity index (χ3n) is 8.35. The molecular weight excluding hydrogens is 540 g/mol. The molecule has 3 aliphatic rings. The number of nitrogens with zero attached hydrogens (tertiary/aromatic N) is 2. The highest BCUT2D eigenvalue weighted by Crippen LogP contribution is 2.58. The molecule has 0 unspecified atom stereocenters. The third kappa shape index (κ3) is 3.35. The zero-order chi connectivity index (χ0) is 30.4. The van der Waals surface area contributed by atoms with E-state index in [0.29, 0.717) is 6.07 Å². The van der Waals surface area contributed by atoms with Crippen molar-refractivity contribution in [1.29, 1.82) is 5.26 Å². The van der Waals surface area contributed by atoms with Crippen LogP contribution in [0.4, 0.5) is 8.78 Å². The van der Waals surface area contributed by atoms with Crippen LogP contribution in [0.5, 0.6) is 5.75 Å². The minimum absolute atomic E-state index is 0.0845. The van der Waals surface area contributed by atoms with E-state index in [0.717, 1.165) is 18.2 Å². The summed E-state index contributed by atoms with van der Waals surface area (Å²) >= 11 is 0. The van der Waals surface area contributed by atoms with Crippen LogP contribution in [-0.4, -0.2) is 68.9 Å². The Balaban J connectivity index is 1.87. The van der Waals surface area contributed by atoms with Gasteiger partial charge in [0, 0.05) is 11.6 Å². The predicted molar refractivity (Wildman–Crippen MR) is 140 cm³/mol. The minimum atomic E-state index is -2.79.